The van der Waals surface area contributed by atoms with E-state index in [1.54, 1.807) is 26.4 Å². The van der Waals surface area contributed by atoms with E-state index in [-0.39, 0.29) is 35.8 Å². The summed E-state index contributed by atoms with van der Waals surface area (Å²) in [4.78, 5) is 10.4. The number of rotatable bonds is 7. The summed E-state index contributed by atoms with van der Waals surface area (Å²) in [6.07, 6.45) is 4.54. The van der Waals surface area contributed by atoms with Gasteiger partial charge < -0.3 is 20.3 Å². The largest absolute Gasteiger partial charge is 0.497 e. The van der Waals surface area contributed by atoms with Crippen LogP contribution >= 0.6 is 24.0 Å². The zero-order valence-corrected chi connectivity index (χ0v) is 19.2. The van der Waals surface area contributed by atoms with E-state index in [2.05, 4.69) is 32.7 Å². The molecule has 1 atom stereocenters. The van der Waals surface area contributed by atoms with Crippen molar-refractivity contribution in [3.63, 3.8) is 0 Å². The van der Waals surface area contributed by atoms with Gasteiger partial charge in [-0.2, -0.15) is 0 Å². The molecule has 6 nitrogen and oxygen atoms in total. The number of benzene rings is 1. The minimum Gasteiger partial charge on any atom is -0.497 e. The van der Waals surface area contributed by atoms with Crippen molar-refractivity contribution in [2.45, 2.75) is 25.3 Å². The Balaban J connectivity index is 0.00000300. The molecule has 2 heterocycles. The highest BCUT2D eigenvalue weighted by Gasteiger charge is 2.25. The van der Waals surface area contributed by atoms with Crippen LogP contribution in [-0.4, -0.2) is 50.8 Å². The highest BCUT2D eigenvalue weighted by atomic mass is 127. The molecule has 1 fully saturated rings. The molecule has 3 rings (SSSR count). The zero-order valence-electron chi connectivity index (χ0n) is 16.9. The molecule has 1 aliphatic heterocycles. The van der Waals surface area contributed by atoms with Gasteiger partial charge in [0.1, 0.15) is 5.75 Å². The molecule has 0 amide bonds. The normalized spacial score (nSPS) is 16.3. The molecule has 0 spiro atoms. The van der Waals surface area contributed by atoms with Crippen LogP contribution in [0.15, 0.2) is 47.6 Å². The van der Waals surface area contributed by atoms with Gasteiger partial charge in [-0.15, -0.1) is 24.0 Å². The first-order valence-electron chi connectivity index (χ1n) is 9.65. The Morgan fingerprint density at radius 2 is 2.10 bits per heavy atom. The molecular weight excluding hydrogens is 484 g/mol. The Kier molecular flexibility index (Phi) is 9.43. The smallest absolute Gasteiger partial charge is 0.191 e. The molecule has 1 aliphatic rings. The van der Waals surface area contributed by atoms with Gasteiger partial charge in [-0.05, 0) is 49.1 Å². The fourth-order valence-corrected chi connectivity index (χ4v) is 3.36. The molecule has 158 valence electrons. The molecule has 2 aromatic rings. The highest BCUT2D eigenvalue weighted by molar-refractivity contribution is 14.0. The number of nitrogens with zero attached hydrogens (tertiary/aromatic N) is 3. The molecule has 0 bridgehead atoms. The maximum absolute atomic E-state index is 13.9. The van der Waals surface area contributed by atoms with Crippen LogP contribution in [0.4, 0.5) is 10.2 Å². The summed E-state index contributed by atoms with van der Waals surface area (Å²) < 4.78 is 19.1. The summed E-state index contributed by atoms with van der Waals surface area (Å²) in [6, 6.07) is 11.4. The van der Waals surface area contributed by atoms with Gasteiger partial charge in [-0.3, -0.25) is 4.99 Å². The van der Waals surface area contributed by atoms with Crippen molar-refractivity contribution in [1.82, 2.24) is 15.6 Å². The number of ether oxygens (including phenoxy) is 1. The first kappa shape index (κ1) is 23.2. The molecule has 8 heteroatoms. The summed E-state index contributed by atoms with van der Waals surface area (Å²) in [5.41, 5.74) is 1.29. The summed E-state index contributed by atoms with van der Waals surface area (Å²) in [6.45, 7) is 2.32. The van der Waals surface area contributed by atoms with Crippen molar-refractivity contribution < 1.29 is 9.13 Å². The number of nitrogens with one attached hydrogen (secondary N) is 2. The second-order valence-electron chi connectivity index (χ2n) is 6.84. The third kappa shape index (κ3) is 6.73. The first-order chi connectivity index (χ1) is 13.7. The van der Waals surface area contributed by atoms with Crippen LogP contribution in [0.5, 0.6) is 5.75 Å². The lowest BCUT2D eigenvalue weighted by atomic mass is 10.1. The van der Waals surface area contributed by atoms with Crippen LogP contribution in [0.2, 0.25) is 0 Å². The van der Waals surface area contributed by atoms with Crippen molar-refractivity contribution in [2.75, 3.05) is 38.7 Å². The van der Waals surface area contributed by atoms with E-state index >= 15 is 0 Å². The average Bonchev–Trinajstić information content (AvgIpc) is 3.19. The van der Waals surface area contributed by atoms with Gasteiger partial charge >= 0.3 is 0 Å². The number of hydrogen-bond donors (Lipinski definition) is 2. The predicted molar refractivity (Wildman–Crippen MR) is 126 cm³/mol. The number of halogens is 2. The van der Waals surface area contributed by atoms with E-state index < -0.39 is 0 Å². The van der Waals surface area contributed by atoms with Crippen LogP contribution in [0.1, 0.15) is 18.4 Å². The fraction of sp³-hybridized carbons (Fsp3) is 0.429. The maximum Gasteiger partial charge on any atom is 0.191 e. The summed E-state index contributed by atoms with van der Waals surface area (Å²) in [7, 11) is 3.44. The Morgan fingerprint density at radius 1 is 1.31 bits per heavy atom. The lowest BCUT2D eigenvalue weighted by Gasteiger charge is -2.20. The summed E-state index contributed by atoms with van der Waals surface area (Å²) >= 11 is 0. The van der Waals surface area contributed by atoms with Gasteiger partial charge in [-0.1, -0.05) is 12.1 Å². The molecule has 0 saturated carbocycles. The molecule has 29 heavy (non-hydrogen) atoms. The van der Waals surface area contributed by atoms with E-state index in [0.29, 0.717) is 12.4 Å². The second kappa shape index (κ2) is 11.8. The van der Waals surface area contributed by atoms with Gasteiger partial charge in [0.2, 0.25) is 0 Å². The van der Waals surface area contributed by atoms with E-state index in [1.165, 1.54) is 11.6 Å². The molecule has 1 unspecified atom stereocenters. The van der Waals surface area contributed by atoms with E-state index in [0.717, 1.165) is 44.1 Å². The monoisotopic (exact) mass is 513 g/mol. The molecule has 1 aromatic heterocycles. The van der Waals surface area contributed by atoms with Crippen molar-refractivity contribution in [3.05, 3.63) is 54.0 Å². The number of aliphatic imine (C=N–C) groups is 1. The standard InChI is InChI=1S/C21H28FN5O.HI/c1-23-21(25-13-3-5-16-7-9-18(28-2)10-8-16)26-17-11-14-27(15-17)20-19(22)6-4-12-24-20;/h4,6-10,12,17H,3,5,11,13-15H2,1-2H3,(H2,23,25,26);1H. The van der Waals surface area contributed by atoms with E-state index in [1.807, 2.05) is 17.0 Å². The Bertz CT molecular complexity index is 787. The number of hydrogen-bond acceptors (Lipinski definition) is 4. The highest BCUT2D eigenvalue weighted by Crippen LogP contribution is 2.20. The number of anilines is 1. The second-order valence-corrected chi connectivity index (χ2v) is 6.84. The lowest BCUT2D eigenvalue weighted by molar-refractivity contribution is 0.414. The Labute approximate surface area is 189 Å². The van der Waals surface area contributed by atoms with Crippen molar-refractivity contribution >= 4 is 35.8 Å². The van der Waals surface area contributed by atoms with Crippen molar-refractivity contribution in [1.29, 1.82) is 0 Å². The number of aryl methyl sites for hydroxylation is 1. The van der Waals surface area contributed by atoms with Crippen molar-refractivity contribution in [2.24, 2.45) is 4.99 Å². The van der Waals surface area contributed by atoms with Crippen LogP contribution < -0.4 is 20.3 Å². The van der Waals surface area contributed by atoms with Gasteiger partial charge in [-0.25, -0.2) is 9.37 Å². The molecule has 0 aliphatic carbocycles. The molecule has 1 aromatic carbocycles. The number of methoxy groups -OCH3 is 1. The molecule has 2 N–H and O–H groups in total. The maximum atomic E-state index is 13.9. The predicted octanol–water partition coefficient (Wildman–Crippen LogP) is 3.22. The van der Waals surface area contributed by atoms with Crippen LogP contribution in [-0.2, 0) is 6.42 Å². The molecular formula is C21H29FIN5O. The molecule has 1 saturated heterocycles. The summed E-state index contributed by atoms with van der Waals surface area (Å²) in [5.74, 6) is 1.81. The van der Waals surface area contributed by atoms with Gasteiger partial charge in [0, 0.05) is 38.9 Å². The third-order valence-electron chi connectivity index (χ3n) is 4.89. The van der Waals surface area contributed by atoms with Crippen LogP contribution in [0, 0.1) is 5.82 Å². The quantitative estimate of drug-likeness (QED) is 0.258. The number of guanidine groups is 1. The van der Waals surface area contributed by atoms with Crippen LogP contribution in [0.3, 0.4) is 0 Å². The molecule has 0 radical (unpaired) electrons. The Morgan fingerprint density at radius 3 is 2.79 bits per heavy atom. The fourth-order valence-electron chi connectivity index (χ4n) is 3.36. The SMILES string of the molecule is CN=C(NCCCc1ccc(OC)cc1)NC1CCN(c2ncccc2F)C1.I. The number of pyridine rings is 1. The topological polar surface area (TPSA) is 61.8 Å². The lowest BCUT2D eigenvalue weighted by Crippen LogP contribution is -2.45. The van der Waals surface area contributed by atoms with Crippen LogP contribution in [0.25, 0.3) is 0 Å². The minimum atomic E-state index is -0.274. The number of aromatic nitrogens is 1. The average molecular weight is 513 g/mol. The summed E-state index contributed by atoms with van der Waals surface area (Å²) in [5, 5.41) is 6.79. The minimum absolute atomic E-state index is 0. The van der Waals surface area contributed by atoms with Gasteiger partial charge in [0.25, 0.3) is 0 Å². The van der Waals surface area contributed by atoms with Crippen molar-refractivity contribution in [3.8, 4) is 5.75 Å². The first-order valence-corrected chi connectivity index (χ1v) is 9.65. The third-order valence-corrected chi connectivity index (χ3v) is 4.89. The van der Waals surface area contributed by atoms with E-state index in [9.17, 15) is 4.39 Å². The van der Waals surface area contributed by atoms with E-state index in [4.69, 9.17) is 4.74 Å². The Hall–Kier alpha value is -2.10. The van der Waals surface area contributed by atoms with Gasteiger partial charge in [0.15, 0.2) is 17.6 Å². The zero-order chi connectivity index (χ0) is 19.8. The van der Waals surface area contributed by atoms with Gasteiger partial charge in [0.05, 0.1) is 7.11 Å².